The fraction of sp³-hybridized carbons (Fsp3) is 0.235. The van der Waals surface area contributed by atoms with Crippen LogP contribution in [0.1, 0.15) is 34.5 Å². The van der Waals surface area contributed by atoms with Crippen molar-refractivity contribution in [3.8, 4) is 0 Å². The Bertz CT molecular complexity index is 949. The van der Waals surface area contributed by atoms with E-state index >= 15 is 0 Å². The number of amides is 2. The van der Waals surface area contributed by atoms with Gasteiger partial charge in [0.25, 0.3) is 5.91 Å². The van der Waals surface area contributed by atoms with Crippen LogP contribution < -0.4 is 10.2 Å². The molecule has 1 N–H and O–H groups in total. The van der Waals surface area contributed by atoms with Crippen molar-refractivity contribution in [1.29, 1.82) is 0 Å². The van der Waals surface area contributed by atoms with Crippen LogP contribution in [0.2, 0.25) is 0 Å². The number of rotatable bonds is 4. The van der Waals surface area contributed by atoms with Crippen LogP contribution in [0.4, 0.5) is 11.7 Å². The van der Waals surface area contributed by atoms with Gasteiger partial charge in [-0.25, -0.2) is 0 Å². The van der Waals surface area contributed by atoms with Gasteiger partial charge in [0.15, 0.2) is 5.69 Å². The SMILES string of the molecule is Cc1cc(C(=O)Nc2nnc([C@H]3CC(=O)N(c4ccccc4)C3)o2)no1. The summed E-state index contributed by atoms with van der Waals surface area (Å²) in [6.07, 6.45) is 0.271. The molecule has 3 heterocycles. The van der Waals surface area contributed by atoms with E-state index in [0.29, 0.717) is 18.2 Å². The standard InChI is InChI=1S/C17H15N5O4/c1-10-7-13(21-26-10)15(24)18-17-20-19-16(25-17)11-8-14(23)22(9-11)12-5-3-2-4-6-12/h2-7,11H,8-9H2,1H3,(H,18,20,24)/t11-/m0/s1. The monoisotopic (exact) mass is 353 g/mol. The predicted molar refractivity (Wildman–Crippen MR) is 89.6 cm³/mol. The zero-order valence-corrected chi connectivity index (χ0v) is 13.9. The first-order chi connectivity index (χ1) is 12.6. The maximum Gasteiger partial charge on any atom is 0.322 e. The molecule has 0 radical (unpaired) electrons. The fourth-order valence-corrected chi connectivity index (χ4v) is 2.82. The van der Waals surface area contributed by atoms with E-state index in [2.05, 4.69) is 20.7 Å². The first-order valence-corrected chi connectivity index (χ1v) is 8.03. The molecular formula is C17H15N5O4. The van der Waals surface area contributed by atoms with Crippen molar-refractivity contribution >= 4 is 23.5 Å². The summed E-state index contributed by atoms with van der Waals surface area (Å²) in [5.74, 6) is 0.0823. The number of carbonyl (C=O) groups is 2. The van der Waals surface area contributed by atoms with Gasteiger partial charge in [-0.2, -0.15) is 0 Å². The number of benzene rings is 1. The second-order valence-electron chi connectivity index (χ2n) is 5.96. The van der Waals surface area contributed by atoms with Gasteiger partial charge in [-0.15, -0.1) is 5.10 Å². The van der Waals surface area contributed by atoms with Crippen LogP contribution in [0.15, 0.2) is 45.3 Å². The molecule has 4 rings (SSSR count). The van der Waals surface area contributed by atoms with Gasteiger partial charge in [-0.1, -0.05) is 28.5 Å². The van der Waals surface area contributed by atoms with Gasteiger partial charge in [0, 0.05) is 24.7 Å². The summed E-state index contributed by atoms with van der Waals surface area (Å²) in [7, 11) is 0. The van der Waals surface area contributed by atoms with Gasteiger partial charge in [0.2, 0.25) is 11.8 Å². The Morgan fingerprint density at radius 1 is 1.27 bits per heavy atom. The second kappa shape index (κ2) is 6.43. The normalized spacial score (nSPS) is 16.9. The van der Waals surface area contributed by atoms with Crippen LogP contribution in [0.3, 0.4) is 0 Å². The van der Waals surface area contributed by atoms with Gasteiger partial charge in [0.1, 0.15) is 5.76 Å². The van der Waals surface area contributed by atoms with Crippen molar-refractivity contribution in [2.24, 2.45) is 0 Å². The zero-order chi connectivity index (χ0) is 18.1. The molecule has 0 spiro atoms. The van der Waals surface area contributed by atoms with Gasteiger partial charge >= 0.3 is 6.01 Å². The number of anilines is 2. The Kier molecular flexibility index (Phi) is 3.96. The Morgan fingerprint density at radius 3 is 2.81 bits per heavy atom. The van der Waals surface area contributed by atoms with Crippen LogP contribution in [-0.4, -0.2) is 33.7 Å². The fourth-order valence-electron chi connectivity index (χ4n) is 2.82. The predicted octanol–water partition coefficient (Wildman–Crippen LogP) is 2.14. The highest BCUT2D eigenvalue weighted by Gasteiger charge is 2.35. The Labute approximate surface area is 148 Å². The summed E-state index contributed by atoms with van der Waals surface area (Å²) in [4.78, 5) is 26.0. The molecule has 1 aromatic carbocycles. The van der Waals surface area contributed by atoms with Gasteiger partial charge in [0.05, 0.1) is 5.92 Å². The maximum absolute atomic E-state index is 12.3. The molecule has 9 nitrogen and oxygen atoms in total. The first kappa shape index (κ1) is 16.0. The molecule has 3 aromatic rings. The number of nitrogens with one attached hydrogen (secondary N) is 1. The highest BCUT2D eigenvalue weighted by molar-refractivity contribution is 6.01. The maximum atomic E-state index is 12.3. The zero-order valence-electron chi connectivity index (χ0n) is 13.9. The number of aromatic nitrogens is 3. The number of hydrogen-bond acceptors (Lipinski definition) is 7. The Balaban J connectivity index is 1.45. The summed E-state index contributed by atoms with van der Waals surface area (Å²) in [6, 6.07) is 10.9. The third-order valence-electron chi connectivity index (χ3n) is 4.06. The molecule has 2 aromatic heterocycles. The van der Waals surface area contributed by atoms with E-state index in [1.165, 1.54) is 6.07 Å². The second-order valence-corrected chi connectivity index (χ2v) is 5.96. The smallest absolute Gasteiger partial charge is 0.322 e. The number of nitrogens with zero attached hydrogens (tertiary/aromatic N) is 4. The van der Waals surface area contributed by atoms with Crippen molar-refractivity contribution in [2.45, 2.75) is 19.3 Å². The number of hydrogen-bond donors (Lipinski definition) is 1. The summed E-state index contributed by atoms with van der Waals surface area (Å²) < 4.78 is 10.4. The topological polar surface area (TPSA) is 114 Å². The van der Waals surface area contributed by atoms with Gasteiger partial charge in [-0.3, -0.25) is 14.9 Å². The molecular weight excluding hydrogens is 338 g/mol. The molecule has 1 saturated heterocycles. The van der Waals surface area contributed by atoms with Gasteiger partial charge < -0.3 is 13.8 Å². The molecule has 0 bridgehead atoms. The van der Waals surface area contributed by atoms with Crippen molar-refractivity contribution < 1.29 is 18.5 Å². The van der Waals surface area contributed by atoms with Crippen LogP contribution in [0, 0.1) is 6.92 Å². The van der Waals surface area contributed by atoms with Crippen LogP contribution >= 0.6 is 0 Å². The van der Waals surface area contributed by atoms with Crippen molar-refractivity contribution in [1.82, 2.24) is 15.4 Å². The van der Waals surface area contributed by atoms with E-state index in [4.69, 9.17) is 8.94 Å². The van der Waals surface area contributed by atoms with Gasteiger partial charge in [-0.05, 0) is 19.1 Å². The number of carbonyl (C=O) groups excluding carboxylic acids is 2. The molecule has 9 heteroatoms. The lowest BCUT2D eigenvalue weighted by atomic mass is 10.1. The van der Waals surface area contributed by atoms with Crippen molar-refractivity contribution in [2.75, 3.05) is 16.8 Å². The van der Waals surface area contributed by atoms with E-state index < -0.39 is 5.91 Å². The summed E-state index contributed by atoms with van der Waals surface area (Å²) in [5.41, 5.74) is 0.947. The molecule has 1 fully saturated rings. The highest BCUT2D eigenvalue weighted by Crippen LogP contribution is 2.31. The lowest BCUT2D eigenvalue weighted by Crippen LogP contribution is -2.24. The van der Waals surface area contributed by atoms with E-state index in [1.807, 2.05) is 30.3 Å². The summed E-state index contributed by atoms with van der Waals surface area (Å²) >= 11 is 0. The molecule has 0 aliphatic carbocycles. The van der Waals surface area contributed by atoms with Crippen molar-refractivity contribution in [3.63, 3.8) is 0 Å². The first-order valence-electron chi connectivity index (χ1n) is 8.03. The van der Waals surface area contributed by atoms with E-state index in [0.717, 1.165) is 5.69 Å². The molecule has 1 aliphatic rings. The average molecular weight is 353 g/mol. The average Bonchev–Trinajstić information content (AvgIpc) is 3.36. The minimum atomic E-state index is -0.509. The number of para-hydroxylation sites is 1. The molecule has 1 atom stereocenters. The lowest BCUT2D eigenvalue weighted by molar-refractivity contribution is -0.117. The number of aryl methyl sites for hydroxylation is 1. The molecule has 0 unspecified atom stereocenters. The Morgan fingerprint density at radius 2 is 2.08 bits per heavy atom. The molecule has 2 amide bonds. The van der Waals surface area contributed by atoms with Crippen LogP contribution in [0.25, 0.3) is 0 Å². The van der Waals surface area contributed by atoms with E-state index in [1.54, 1.807) is 11.8 Å². The molecule has 0 saturated carbocycles. The van der Waals surface area contributed by atoms with Crippen LogP contribution in [-0.2, 0) is 4.79 Å². The Hall–Kier alpha value is -3.49. The highest BCUT2D eigenvalue weighted by atomic mass is 16.5. The van der Waals surface area contributed by atoms with Crippen LogP contribution in [0.5, 0.6) is 0 Å². The third-order valence-corrected chi connectivity index (χ3v) is 4.06. The molecule has 26 heavy (non-hydrogen) atoms. The minimum Gasteiger partial charge on any atom is -0.407 e. The molecule has 132 valence electrons. The summed E-state index contributed by atoms with van der Waals surface area (Å²) in [5, 5.41) is 13.9. The lowest BCUT2D eigenvalue weighted by Gasteiger charge is -2.15. The van der Waals surface area contributed by atoms with E-state index in [-0.39, 0.29) is 30.0 Å². The largest absolute Gasteiger partial charge is 0.407 e. The van der Waals surface area contributed by atoms with E-state index in [9.17, 15) is 9.59 Å². The minimum absolute atomic E-state index is 0.0111. The quantitative estimate of drug-likeness (QED) is 0.764. The molecule has 1 aliphatic heterocycles. The third kappa shape index (κ3) is 3.06. The van der Waals surface area contributed by atoms with Crippen molar-refractivity contribution in [3.05, 3.63) is 53.7 Å². The summed E-state index contributed by atoms with van der Waals surface area (Å²) in [6.45, 7) is 2.13.